The number of hydrogen-bond donors (Lipinski definition) is 0. The van der Waals surface area contributed by atoms with Crippen LogP contribution >= 0.6 is 11.8 Å². The lowest BCUT2D eigenvalue weighted by atomic mass is 9.99. The van der Waals surface area contributed by atoms with Crippen molar-refractivity contribution in [3.05, 3.63) is 0 Å². The van der Waals surface area contributed by atoms with Crippen LogP contribution in [-0.2, 0) is 4.79 Å². The molecule has 0 saturated carbocycles. The van der Waals surface area contributed by atoms with Crippen molar-refractivity contribution in [2.45, 2.75) is 13.3 Å². The summed E-state index contributed by atoms with van der Waals surface area (Å²) in [4.78, 5) is 10.9. The molecule has 2 atom stereocenters. The van der Waals surface area contributed by atoms with Crippen molar-refractivity contribution in [3.8, 4) is 6.07 Å². The number of carbonyl (C=O) groups is 1. The molecule has 1 saturated heterocycles. The fourth-order valence-electron chi connectivity index (χ4n) is 0.997. The topological polar surface area (TPSA) is 40.9 Å². The fraction of sp³-hybridized carbons (Fsp3) is 0.714. The Morgan fingerprint density at radius 3 is 3.00 bits per heavy atom. The van der Waals surface area contributed by atoms with Gasteiger partial charge >= 0.3 is 0 Å². The van der Waals surface area contributed by atoms with E-state index in [9.17, 15) is 4.79 Å². The number of nitrogens with zero attached hydrogens (tertiary/aromatic N) is 1. The average Bonchev–Trinajstić information content (AvgIpc) is 1.94. The van der Waals surface area contributed by atoms with Crippen LogP contribution in [0.4, 0.5) is 0 Å². The van der Waals surface area contributed by atoms with Gasteiger partial charge in [0.2, 0.25) is 5.12 Å². The van der Waals surface area contributed by atoms with Crippen LogP contribution in [0.15, 0.2) is 0 Å². The Bertz CT molecular complexity index is 185. The predicted molar refractivity (Wildman–Crippen MR) is 40.3 cm³/mol. The van der Waals surface area contributed by atoms with Crippen molar-refractivity contribution >= 4 is 16.9 Å². The first-order valence-electron chi connectivity index (χ1n) is 3.30. The minimum Gasteiger partial charge on any atom is -0.286 e. The molecule has 2 nitrogen and oxygen atoms in total. The molecular formula is C7H9NOS. The second-order valence-corrected chi connectivity index (χ2v) is 3.68. The molecule has 0 amide bonds. The SMILES string of the molecule is CC1CSC(=O)C(C#N)C1. The third kappa shape index (κ3) is 1.51. The Morgan fingerprint density at radius 2 is 2.50 bits per heavy atom. The minimum atomic E-state index is -0.339. The summed E-state index contributed by atoms with van der Waals surface area (Å²) in [5.41, 5.74) is 0. The Morgan fingerprint density at radius 1 is 1.80 bits per heavy atom. The zero-order chi connectivity index (χ0) is 7.56. The van der Waals surface area contributed by atoms with Gasteiger partial charge in [0.25, 0.3) is 0 Å². The maximum absolute atomic E-state index is 10.9. The standard InChI is InChI=1S/C7H9NOS/c1-5-2-6(3-8)7(9)10-4-5/h5-6H,2,4H2,1H3. The van der Waals surface area contributed by atoms with Crippen molar-refractivity contribution in [2.24, 2.45) is 11.8 Å². The highest BCUT2D eigenvalue weighted by atomic mass is 32.2. The summed E-state index contributed by atoms with van der Waals surface area (Å²) in [6.45, 7) is 2.07. The molecule has 2 unspecified atom stereocenters. The molecule has 1 aliphatic heterocycles. The lowest BCUT2D eigenvalue weighted by Crippen LogP contribution is -2.20. The van der Waals surface area contributed by atoms with Crippen LogP contribution in [0.5, 0.6) is 0 Å². The Hall–Kier alpha value is -0.490. The van der Waals surface area contributed by atoms with Crippen molar-refractivity contribution in [3.63, 3.8) is 0 Å². The third-order valence-corrected chi connectivity index (χ3v) is 2.89. The number of carbonyl (C=O) groups excluding carboxylic acids is 1. The highest BCUT2D eigenvalue weighted by Crippen LogP contribution is 2.27. The van der Waals surface area contributed by atoms with E-state index in [4.69, 9.17) is 5.26 Å². The molecule has 0 spiro atoms. The molecule has 1 rings (SSSR count). The average molecular weight is 155 g/mol. The van der Waals surface area contributed by atoms with E-state index in [-0.39, 0.29) is 11.0 Å². The molecule has 54 valence electrons. The molecular weight excluding hydrogens is 146 g/mol. The largest absolute Gasteiger partial charge is 0.286 e. The molecule has 1 aliphatic rings. The molecule has 0 bridgehead atoms. The Kier molecular flexibility index (Phi) is 2.34. The second kappa shape index (κ2) is 3.07. The van der Waals surface area contributed by atoms with Crippen LogP contribution in [0.3, 0.4) is 0 Å². The van der Waals surface area contributed by atoms with E-state index in [1.54, 1.807) is 0 Å². The normalized spacial score (nSPS) is 33.4. The summed E-state index contributed by atoms with van der Waals surface area (Å²) in [5.74, 6) is 1.07. The summed E-state index contributed by atoms with van der Waals surface area (Å²) in [7, 11) is 0. The van der Waals surface area contributed by atoms with Gasteiger partial charge in [0.05, 0.1) is 6.07 Å². The molecule has 0 aliphatic carbocycles. The van der Waals surface area contributed by atoms with E-state index in [0.29, 0.717) is 5.92 Å². The molecule has 0 radical (unpaired) electrons. The van der Waals surface area contributed by atoms with Crippen LogP contribution in [0.2, 0.25) is 0 Å². The van der Waals surface area contributed by atoms with Gasteiger partial charge in [-0.1, -0.05) is 18.7 Å². The fourth-order valence-corrected chi connectivity index (χ4v) is 1.93. The first-order chi connectivity index (χ1) is 4.74. The van der Waals surface area contributed by atoms with Gasteiger partial charge in [0.1, 0.15) is 5.92 Å². The lowest BCUT2D eigenvalue weighted by molar-refractivity contribution is -0.113. The van der Waals surface area contributed by atoms with E-state index in [2.05, 4.69) is 6.92 Å². The molecule has 0 aromatic heterocycles. The zero-order valence-corrected chi connectivity index (χ0v) is 6.65. The molecule has 10 heavy (non-hydrogen) atoms. The third-order valence-electron chi connectivity index (χ3n) is 1.59. The van der Waals surface area contributed by atoms with E-state index in [0.717, 1.165) is 12.2 Å². The summed E-state index contributed by atoms with van der Waals surface area (Å²) in [6, 6.07) is 2.01. The predicted octanol–water partition coefficient (Wildman–Crippen LogP) is 1.43. The maximum atomic E-state index is 10.9. The van der Waals surface area contributed by atoms with Crippen molar-refractivity contribution in [2.75, 3.05) is 5.75 Å². The highest BCUT2D eigenvalue weighted by molar-refractivity contribution is 8.13. The molecule has 0 N–H and O–H groups in total. The summed E-state index contributed by atoms with van der Waals surface area (Å²) >= 11 is 1.30. The Labute approximate surface area is 64.6 Å². The number of hydrogen-bond acceptors (Lipinski definition) is 3. The van der Waals surface area contributed by atoms with Gasteiger partial charge in [-0.05, 0) is 12.3 Å². The van der Waals surface area contributed by atoms with Gasteiger partial charge in [0, 0.05) is 5.75 Å². The maximum Gasteiger partial charge on any atom is 0.206 e. The first kappa shape index (κ1) is 7.62. The van der Waals surface area contributed by atoms with E-state index in [1.807, 2.05) is 6.07 Å². The van der Waals surface area contributed by atoms with Gasteiger partial charge in [-0.3, -0.25) is 4.79 Å². The minimum absolute atomic E-state index is 0.0561. The summed E-state index contributed by atoms with van der Waals surface area (Å²) in [5, 5.41) is 8.55. The van der Waals surface area contributed by atoms with Crippen LogP contribution in [0.25, 0.3) is 0 Å². The number of nitriles is 1. The van der Waals surface area contributed by atoms with Gasteiger partial charge in [0.15, 0.2) is 0 Å². The van der Waals surface area contributed by atoms with Crippen LogP contribution in [0, 0.1) is 23.2 Å². The molecule has 0 aromatic rings. The molecule has 1 heterocycles. The smallest absolute Gasteiger partial charge is 0.206 e. The van der Waals surface area contributed by atoms with E-state index in [1.165, 1.54) is 11.8 Å². The van der Waals surface area contributed by atoms with Crippen molar-refractivity contribution < 1.29 is 4.79 Å². The molecule has 0 aromatic carbocycles. The van der Waals surface area contributed by atoms with Crippen molar-refractivity contribution in [1.29, 1.82) is 5.26 Å². The second-order valence-electron chi connectivity index (χ2n) is 2.65. The van der Waals surface area contributed by atoms with Crippen LogP contribution < -0.4 is 0 Å². The van der Waals surface area contributed by atoms with Gasteiger partial charge in [-0.2, -0.15) is 5.26 Å². The van der Waals surface area contributed by atoms with Crippen LogP contribution in [0.1, 0.15) is 13.3 Å². The highest BCUT2D eigenvalue weighted by Gasteiger charge is 2.26. The van der Waals surface area contributed by atoms with E-state index >= 15 is 0 Å². The quantitative estimate of drug-likeness (QED) is 0.531. The Balaban J connectivity index is 2.56. The summed E-state index contributed by atoms with van der Waals surface area (Å²) < 4.78 is 0. The first-order valence-corrected chi connectivity index (χ1v) is 4.29. The van der Waals surface area contributed by atoms with Crippen LogP contribution in [-0.4, -0.2) is 10.9 Å². The number of thioether (sulfide) groups is 1. The van der Waals surface area contributed by atoms with E-state index < -0.39 is 0 Å². The lowest BCUT2D eigenvalue weighted by Gasteiger charge is -2.19. The molecule has 1 fully saturated rings. The summed E-state index contributed by atoms with van der Waals surface area (Å²) in [6.07, 6.45) is 0.752. The van der Waals surface area contributed by atoms with Gasteiger partial charge in [-0.25, -0.2) is 0 Å². The van der Waals surface area contributed by atoms with Gasteiger partial charge < -0.3 is 0 Å². The molecule has 3 heteroatoms. The van der Waals surface area contributed by atoms with Crippen molar-refractivity contribution in [1.82, 2.24) is 0 Å². The number of rotatable bonds is 0. The zero-order valence-electron chi connectivity index (χ0n) is 5.83. The van der Waals surface area contributed by atoms with Gasteiger partial charge in [-0.15, -0.1) is 0 Å². The monoisotopic (exact) mass is 155 g/mol.